The number of amides is 1. The van der Waals surface area contributed by atoms with Crippen LogP contribution in [0.15, 0.2) is 24.3 Å². The molecule has 0 fully saturated rings. The number of carbonyl (C=O) groups is 1. The summed E-state index contributed by atoms with van der Waals surface area (Å²) in [5.74, 6) is -0.307. The zero-order valence-corrected chi connectivity index (χ0v) is 14.3. The lowest BCUT2D eigenvalue weighted by molar-refractivity contribution is -0.143. The van der Waals surface area contributed by atoms with Gasteiger partial charge in [-0.2, -0.15) is 18.3 Å². The Labute approximate surface area is 144 Å². The molecular formula is C17H21F3N4O. The Kier molecular flexibility index (Phi) is 5.52. The summed E-state index contributed by atoms with van der Waals surface area (Å²) in [5, 5.41) is 6.75. The average Bonchev–Trinajstić information content (AvgIpc) is 2.79. The highest BCUT2D eigenvalue weighted by Crippen LogP contribution is 2.25. The van der Waals surface area contributed by atoms with Gasteiger partial charge in [0, 0.05) is 23.4 Å². The molecule has 2 rings (SSSR count). The summed E-state index contributed by atoms with van der Waals surface area (Å²) < 4.78 is 38.8. The second-order valence-corrected chi connectivity index (χ2v) is 5.95. The Bertz CT molecular complexity index is 750. The van der Waals surface area contributed by atoms with Crippen LogP contribution in [0.2, 0.25) is 0 Å². The number of aryl methyl sites for hydroxylation is 1. The zero-order chi connectivity index (χ0) is 18.8. The number of hydrogen-bond donors (Lipinski definition) is 2. The number of alkyl halides is 3. The molecule has 2 aromatic rings. The van der Waals surface area contributed by atoms with Crippen LogP contribution in [-0.2, 0) is 13.1 Å². The number of benzene rings is 1. The first-order valence-electron chi connectivity index (χ1n) is 7.83. The highest BCUT2D eigenvalue weighted by atomic mass is 19.4. The second-order valence-electron chi connectivity index (χ2n) is 5.95. The third kappa shape index (κ3) is 4.60. The maximum absolute atomic E-state index is 12.6. The van der Waals surface area contributed by atoms with E-state index in [0.29, 0.717) is 29.1 Å². The predicted molar refractivity (Wildman–Crippen MR) is 88.0 cm³/mol. The summed E-state index contributed by atoms with van der Waals surface area (Å²) in [7, 11) is 0. The Morgan fingerprint density at radius 1 is 1.28 bits per heavy atom. The first kappa shape index (κ1) is 19.0. The van der Waals surface area contributed by atoms with E-state index in [1.165, 1.54) is 0 Å². The van der Waals surface area contributed by atoms with Crippen LogP contribution in [0.3, 0.4) is 0 Å². The third-order valence-corrected chi connectivity index (χ3v) is 4.00. The van der Waals surface area contributed by atoms with Crippen molar-refractivity contribution < 1.29 is 18.0 Å². The molecular weight excluding hydrogens is 333 g/mol. The predicted octanol–water partition coefficient (Wildman–Crippen LogP) is 3.01. The fourth-order valence-corrected chi connectivity index (χ4v) is 2.81. The van der Waals surface area contributed by atoms with Crippen molar-refractivity contribution in [3.8, 4) is 0 Å². The molecule has 5 nitrogen and oxygen atoms in total. The summed E-state index contributed by atoms with van der Waals surface area (Å²) in [6.45, 7) is 4.16. The molecule has 8 heteroatoms. The standard InChI is InChI=1S/C17H21F3N4O/c1-10(22-16(25)14-6-4-13(8-21)5-7-14)15-11(2)23-24(12(15)3)9-17(18,19)20/h4-7,10H,8-9,21H2,1-3H3,(H,22,25). The Balaban J connectivity index is 2.17. The first-order chi connectivity index (χ1) is 11.6. The molecule has 0 saturated carbocycles. The SMILES string of the molecule is Cc1nn(CC(F)(F)F)c(C)c1C(C)NC(=O)c1ccc(CN)cc1. The van der Waals surface area contributed by atoms with E-state index in [-0.39, 0.29) is 5.91 Å². The summed E-state index contributed by atoms with van der Waals surface area (Å²) in [6.07, 6.45) is -4.35. The van der Waals surface area contributed by atoms with E-state index in [0.717, 1.165) is 10.2 Å². The van der Waals surface area contributed by atoms with Gasteiger partial charge in [-0.3, -0.25) is 9.48 Å². The van der Waals surface area contributed by atoms with Crippen molar-refractivity contribution in [1.29, 1.82) is 0 Å². The molecule has 0 radical (unpaired) electrons. The van der Waals surface area contributed by atoms with E-state index in [4.69, 9.17) is 5.73 Å². The lowest BCUT2D eigenvalue weighted by atomic mass is 10.1. The molecule has 0 aliphatic carbocycles. The molecule has 1 aromatic carbocycles. The number of nitrogens with two attached hydrogens (primary N) is 1. The van der Waals surface area contributed by atoms with Crippen LogP contribution in [-0.4, -0.2) is 21.9 Å². The van der Waals surface area contributed by atoms with Crippen LogP contribution in [0.1, 0.15) is 45.8 Å². The van der Waals surface area contributed by atoms with Crippen molar-refractivity contribution in [1.82, 2.24) is 15.1 Å². The third-order valence-electron chi connectivity index (χ3n) is 4.00. The number of halogens is 3. The molecule has 0 saturated heterocycles. The average molecular weight is 354 g/mol. The van der Waals surface area contributed by atoms with Gasteiger partial charge in [0.25, 0.3) is 5.91 Å². The molecule has 1 aromatic heterocycles. The fourth-order valence-electron chi connectivity index (χ4n) is 2.81. The topological polar surface area (TPSA) is 72.9 Å². The summed E-state index contributed by atoms with van der Waals surface area (Å²) in [4.78, 5) is 12.3. The van der Waals surface area contributed by atoms with Crippen LogP contribution in [0.4, 0.5) is 13.2 Å². The van der Waals surface area contributed by atoms with Crippen LogP contribution in [0, 0.1) is 13.8 Å². The van der Waals surface area contributed by atoms with E-state index < -0.39 is 18.8 Å². The second kappa shape index (κ2) is 7.26. The van der Waals surface area contributed by atoms with E-state index in [1.54, 1.807) is 45.0 Å². The number of nitrogens with zero attached hydrogens (tertiary/aromatic N) is 2. The van der Waals surface area contributed by atoms with Crippen LogP contribution in [0.5, 0.6) is 0 Å². The smallest absolute Gasteiger partial charge is 0.345 e. The fraction of sp³-hybridized carbons (Fsp3) is 0.412. The summed E-state index contributed by atoms with van der Waals surface area (Å²) >= 11 is 0. The van der Waals surface area contributed by atoms with Crippen molar-refractivity contribution in [2.24, 2.45) is 5.73 Å². The molecule has 1 heterocycles. The normalized spacial score (nSPS) is 12.9. The Hall–Kier alpha value is -2.35. The Morgan fingerprint density at radius 3 is 2.40 bits per heavy atom. The molecule has 1 atom stereocenters. The van der Waals surface area contributed by atoms with E-state index in [9.17, 15) is 18.0 Å². The van der Waals surface area contributed by atoms with Gasteiger partial charge in [-0.15, -0.1) is 0 Å². The van der Waals surface area contributed by atoms with E-state index in [1.807, 2.05) is 0 Å². The molecule has 0 bridgehead atoms. The number of rotatable bonds is 5. The van der Waals surface area contributed by atoms with E-state index >= 15 is 0 Å². The minimum atomic E-state index is -4.35. The molecule has 0 aliphatic rings. The van der Waals surface area contributed by atoms with Crippen molar-refractivity contribution in [2.45, 2.75) is 46.1 Å². The number of nitrogens with one attached hydrogen (secondary N) is 1. The minimum absolute atomic E-state index is 0.307. The van der Waals surface area contributed by atoms with Crippen molar-refractivity contribution in [3.63, 3.8) is 0 Å². The minimum Gasteiger partial charge on any atom is -0.345 e. The zero-order valence-electron chi connectivity index (χ0n) is 14.3. The van der Waals surface area contributed by atoms with Gasteiger partial charge in [0.05, 0.1) is 11.7 Å². The molecule has 0 aliphatic heterocycles. The molecule has 136 valence electrons. The lowest BCUT2D eigenvalue weighted by Crippen LogP contribution is -2.27. The van der Waals surface area contributed by atoms with Gasteiger partial charge in [0.2, 0.25) is 0 Å². The van der Waals surface area contributed by atoms with Crippen LogP contribution in [0.25, 0.3) is 0 Å². The van der Waals surface area contributed by atoms with Gasteiger partial charge in [0.15, 0.2) is 0 Å². The molecule has 0 spiro atoms. The first-order valence-corrected chi connectivity index (χ1v) is 7.83. The molecule has 3 N–H and O–H groups in total. The van der Waals surface area contributed by atoms with Gasteiger partial charge in [0.1, 0.15) is 6.54 Å². The van der Waals surface area contributed by atoms with Crippen molar-refractivity contribution in [3.05, 3.63) is 52.3 Å². The maximum Gasteiger partial charge on any atom is 0.408 e. The van der Waals surface area contributed by atoms with Gasteiger partial charge in [-0.25, -0.2) is 0 Å². The molecule has 25 heavy (non-hydrogen) atoms. The van der Waals surface area contributed by atoms with Crippen molar-refractivity contribution in [2.75, 3.05) is 0 Å². The van der Waals surface area contributed by atoms with Gasteiger partial charge in [-0.1, -0.05) is 12.1 Å². The highest BCUT2D eigenvalue weighted by molar-refractivity contribution is 5.94. The molecule has 1 unspecified atom stereocenters. The van der Waals surface area contributed by atoms with Crippen LogP contribution >= 0.6 is 0 Å². The summed E-state index contributed by atoms with van der Waals surface area (Å²) in [5.41, 5.74) is 8.34. The number of aromatic nitrogens is 2. The van der Waals surface area contributed by atoms with Crippen molar-refractivity contribution >= 4 is 5.91 Å². The quantitative estimate of drug-likeness (QED) is 0.867. The number of carbonyl (C=O) groups excluding carboxylic acids is 1. The van der Waals surface area contributed by atoms with Gasteiger partial charge >= 0.3 is 6.18 Å². The van der Waals surface area contributed by atoms with Gasteiger partial charge < -0.3 is 11.1 Å². The van der Waals surface area contributed by atoms with Gasteiger partial charge in [-0.05, 0) is 38.5 Å². The largest absolute Gasteiger partial charge is 0.408 e. The monoisotopic (exact) mass is 354 g/mol. The molecule has 1 amide bonds. The Morgan fingerprint density at radius 2 is 1.88 bits per heavy atom. The maximum atomic E-state index is 12.6. The summed E-state index contributed by atoms with van der Waals surface area (Å²) in [6, 6.07) is 6.38. The lowest BCUT2D eigenvalue weighted by Gasteiger charge is -2.15. The van der Waals surface area contributed by atoms with Crippen LogP contribution < -0.4 is 11.1 Å². The van der Waals surface area contributed by atoms with E-state index in [2.05, 4.69) is 10.4 Å². The highest BCUT2D eigenvalue weighted by Gasteiger charge is 2.31. The number of hydrogen-bond acceptors (Lipinski definition) is 3.